The van der Waals surface area contributed by atoms with Crippen molar-refractivity contribution in [2.45, 2.75) is 38.0 Å². The zero-order valence-corrected chi connectivity index (χ0v) is 17.0. The van der Waals surface area contributed by atoms with Gasteiger partial charge >= 0.3 is 12.1 Å². The predicted octanol–water partition coefficient (Wildman–Crippen LogP) is 1.74. The molecule has 1 aliphatic rings. The first-order valence-corrected chi connectivity index (χ1v) is 9.08. The van der Waals surface area contributed by atoms with Gasteiger partial charge < -0.3 is 19.4 Å². The molecule has 1 N–H and O–H groups in total. The average Bonchev–Trinajstić information content (AvgIpc) is 3.35. The highest BCUT2D eigenvalue weighted by Crippen LogP contribution is 2.26. The molecule has 2 aromatic rings. The largest absolute Gasteiger partial charge is 0.490 e. The van der Waals surface area contributed by atoms with E-state index in [0.29, 0.717) is 17.5 Å². The third-order valence-electron chi connectivity index (χ3n) is 4.73. The monoisotopic (exact) mass is 431 g/mol. The first-order valence-electron chi connectivity index (χ1n) is 9.08. The molecule has 0 unspecified atom stereocenters. The molecular weight excluding hydrogens is 407 g/mol. The van der Waals surface area contributed by atoms with Crippen LogP contribution in [0, 0.1) is 6.92 Å². The maximum atomic E-state index is 12.8. The lowest BCUT2D eigenvalue weighted by atomic mass is 10.0. The number of carboxylic acids is 1. The number of amides is 1. The molecular formula is C18H24F3N5O4. The number of likely N-dealkylation sites (tertiary alicyclic amines) is 1. The standard InChI is InChI=1S/C16H23N5O2.C2HF3O2/c1-11-7-13(18-23-11)16(22)21-6-5-14(19(2)3)15(21)8-12-9-17-20(4)10-12;3-2(4,5)1(6)7/h7,9-10,14-15H,5-6,8H2,1-4H3;(H,6,7)/t14-,15+;/m1./s1. The van der Waals surface area contributed by atoms with Crippen LogP contribution in [0.5, 0.6) is 0 Å². The third kappa shape index (κ3) is 5.81. The summed E-state index contributed by atoms with van der Waals surface area (Å²) >= 11 is 0. The fourth-order valence-electron chi connectivity index (χ4n) is 3.37. The molecule has 2 atom stereocenters. The Labute approximate surface area is 171 Å². The predicted molar refractivity (Wildman–Crippen MR) is 98.8 cm³/mol. The lowest BCUT2D eigenvalue weighted by molar-refractivity contribution is -0.192. The van der Waals surface area contributed by atoms with Crippen molar-refractivity contribution in [1.82, 2.24) is 24.7 Å². The zero-order chi connectivity index (χ0) is 22.6. The summed E-state index contributed by atoms with van der Waals surface area (Å²) in [5, 5.41) is 15.2. The van der Waals surface area contributed by atoms with Crippen LogP contribution in [0.3, 0.4) is 0 Å². The summed E-state index contributed by atoms with van der Waals surface area (Å²) in [5.74, 6) is -2.16. The van der Waals surface area contributed by atoms with E-state index in [1.807, 2.05) is 24.3 Å². The Balaban J connectivity index is 0.000000396. The SMILES string of the molecule is Cc1cc(C(=O)N2CC[C@@H](N(C)C)[C@@H]2Cc2cnn(C)c2)no1.O=C(O)C(F)(F)F. The molecule has 3 rings (SSSR count). The number of hydrogen-bond acceptors (Lipinski definition) is 6. The molecule has 1 amide bonds. The van der Waals surface area contributed by atoms with Crippen LogP contribution in [0.25, 0.3) is 0 Å². The molecule has 0 spiro atoms. The molecule has 0 saturated carbocycles. The minimum Gasteiger partial charge on any atom is -0.475 e. The van der Waals surface area contributed by atoms with Gasteiger partial charge in [-0.2, -0.15) is 18.3 Å². The zero-order valence-electron chi connectivity index (χ0n) is 17.0. The second-order valence-electron chi connectivity index (χ2n) is 7.24. The summed E-state index contributed by atoms with van der Waals surface area (Å²) in [6.45, 7) is 2.53. The molecule has 30 heavy (non-hydrogen) atoms. The number of carboxylic acid groups (broad SMARTS) is 1. The van der Waals surface area contributed by atoms with E-state index in [0.717, 1.165) is 24.9 Å². The molecule has 0 radical (unpaired) electrons. The van der Waals surface area contributed by atoms with Gasteiger partial charge in [0, 0.05) is 31.9 Å². The topological polar surface area (TPSA) is 105 Å². The van der Waals surface area contributed by atoms with Gasteiger partial charge in [-0.1, -0.05) is 5.16 Å². The normalized spacial score (nSPS) is 19.0. The van der Waals surface area contributed by atoms with Gasteiger partial charge in [0.1, 0.15) is 5.76 Å². The van der Waals surface area contributed by atoms with Gasteiger partial charge in [-0.3, -0.25) is 9.48 Å². The van der Waals surface area contributed by atoms with E-state index in [2.05, 4.69) is 29.3 Å². The van der Waals surface area contributed by atoms with Gasteiger partial charge in [-0.15, -0.1) is 0 Å². The summed E-state index contributed by atoms with van der Waals surface area (Å²) in [5.41, 5.74) is 1.53. The van der Waals surface area contributed by atoms with Crippen LogP contribution in [0.15, 0.2) is 23.0 Å². The summed E-state index contributed by atoms with van der Waals surface area (Å²) in [4.78, 5) is 25.8. The number of carbonyl (C=O) groups is 2. The quantitative estimate of drug-likeness (QED) is 0.786. The van der Waals surface area contributed by atoms with Crippen LogP contribution in [0.4, 0.5) is 13.2 Å². The van der Waals surface area contributed by atoms with Crippen molar-refractivity contribution in [3.8, 4) is 0 Å². The number of hydrogen-bond donors (Lipinski definition) is 1. The summed E-state index contributed by atoms with van der Waals surface area (Å²) in [6.07, 6.45) is 0.543. The molecule has 166 valence electrons. The smallest absolute Gasteiger partial charge is 0.475 e. The van der Waals surface area contributed by atoms with Crippen LogP contribution in [-0.2, 0) is 18.3 Å². The van der Waals surface area contributed by atoms with Crippen molar-refractivity contribution in [2.75, 3.05) is 20.6 Å². The number of aliphatic carboxylic acids is 1. The van der Waals surface area contributed by atoms with Crippen molar-refractivity contribution in [2.24, 2.45) is 7.05 Å². The van der Waals surface area contributed by atoms with Crippen LogP contribution in [0.2, 0.25) is 0 Å². The molecule has 9 nitrogen and oxygen atoms in total. The Bertz CT molecular complexity index is 877. The van der Waals surface area contributed by atoms with Crippen molar-refractivity contribution < 1.29 is 32.4 Å². The minimum atomic E-state index is -5.08. The lowest BCUT2D eigenvalue weighted by Crippen LogP contribution is -2.45. The van der Waals surface area contributed by atoms with Gasteiger partial charge in [0.2, 0.25) is 0 Å². The van der Waals surface area contributed by atoms with Crippen LogP contribution >= 0.6 is 0 Å². The number of rotatable bonds is 4. The first-order chi connectivity index (χ1) is 13.9. The minimum absolute atomic E-state index is 0.0555. The van der Waals surface area contributed by atoms with E-state index in [-0.39, 0.29) is 11.9 Å². The van der Waals surface area contributed by atoms with E-state index in [4.69, 9.17) is 14.4 Å². The highest BCUT2D eigenvalue weighted by molar-refractivity contribution is 5.92. The Morgan fingerprint density at radius 2 is 2.00 bits per heavy atom. The molecule has 0 aromatic carbocycles. The van der Waals surface area contributed by atoms with E-state index < -0.39 is 12.1 Å². The molecule has 12 heteroatoms. The lowest BCUT2D eigenvalue weighted by Gasteiger charge is -2.30. The molecule has 3 heterocycles. The van der Waals surface area contributed by atoms with Gasteiger partial charge in [0.15, 0.2) is 5.69 Å². The summed E-state index contributed by atoms with van der Waals surface area (Å²) < 4.78 is 38.6. The summed E-state index contributed by atoms with van der Waals surface area (Å²) in [6, 6.07) is 2.14. The van der Waals surface area contributed by atoms with E-state index in [1.165, 1.54) is 0 Å². The Kier molecular flexibility index (Phi) is 7.24. The van der Waals surface area contributed by atoms with Crippen molar-refractivity contribution >= 4 is 11.9 Å². The maximum absolute atomic E-state index is 12.8. The van der Waals surface area contributed by atoms with E-state index >= 15 is 0 Å². The molecule has 0 aliphatic carbocycles. The first kappa shape index (κ1) is 23.4. The summed E-state index contributed by atoms with van der Waals surface area (Å²) in [7, 11) is 6.03. The van der Waals surface area contributed by atoms with Crippen molar-refractivity contribution in [3.63, 3.8) is 0 Å². The van der Waals surface area contributed by atoms with Crippen molar-refractivity contribution in [3.05, 3.63) is 35.5 Å². The molecule has 2 aromatic heterocycles. The Morgan fingerprint density at radius 1 is 1.37 bits per heavy atom. The van der Waals surface area contributed by atoms with Gasteiger partial charge in [0.25, 0.3) is 5.91 Å². The number of likely N-dealkylation sites (N-methyl/N-ethyl adjacent to an activating group) is 1. The molecule has 1 aliphatic heterocycles. The number of nitrogens with zero attached hydrogens (tertiary/aromatic N) is 5. The fourth-order valence-corrected chi connectivity index (χ4v) is 3.37. The number of carbonyl (C=O) groups excluding carboxylic acids is 1. The van der Waals surface area contributed by atoms with E-state index in [9.17, 15) is 18.0 Å². The Morgan fingerprint density at radius 3 is 2.43 bits per heavy atom. The van der Waals surface area contributed by atoms with Crippen molar-refractivity contribution in [1.29, 1.82) is 0 Å². The highest BCUT2D eigenvalue weighted by atomic mass is 19.4. The van der Waals surface area contributed by atoms with Gasteiger partial charge in [-0.05, 0) is 39.4 Å². The Hall–Kier alpha value is -2.89. The number of aromatic nitrogens is 3. The highest BCUT2D eigenvalue weighted by Gasteiger charge is 2.39. The molecule has 1 fully saturated rings. The van der Waals surface area contributed by atoms with Crippen LogP contribution in [0.1, 0.15) is 28.2 Å². The number of aryl methyl sites for hydroxylation is 2. The number of alkyl halides is 3. The van der Waals surface area contributed by atoms with Crippen LogP contribution < -0.4 is 0 Å². The fraction of sp³-hybridized carbons (Fsp3) is 0.556. The maximum Gasteiger partial charge on any atom is 0.490 e. The second kappa shape index (κ2) is 9.28. The third-order valence-corrected chi connectivity index (χ3v) is 4.73. The van der Waals surface area contributed by atoms with Gasteiger partial charge in [0.05, 0.1) is 12.2 Å². The average molecular weight is 431 g/mol. The van der Waals surface area contributed by atoms with Gasteiger partial charge in [-0.25, -0.2) is 4.79 Å². The van der Waals surface area contributed by atoms with E-state index in [1.54, 1.807) is 17.7 Å². The number of halogens is 3. The second-order valence-corrected chi connectivity index (χ2v) is 7.24. The van der Waals surface area contributed by atoms with Crippen LogP contribution in [-0.4, -0.2) is 80.6 Å². The molecule has 0 bridgehead atoms. The molecule has 1 saturated heterocycles.